The van der Waals surface area contributed by atoms with E-state index in [0.29, 0.717) is 12.2 Å². The van der Waals surface area contributed by atoms with Gasteiger partial charge in [0.15, 0.2) is 0 Å². The minimum atomic E-state index is -0.245. The number of amides is 2. The average Bonchev–Trinajstić information content (AvgIpc) is 3.24. The van der Waals surface area contributed by atoms with Crippen molar-refractivity contribution >= 4 is 23.1 Å². The van der Waals surface area contributed by atoms with Crippen LogP contribution in [-0.2, 0) is 0 Å². The third kappa shape index (κ3) is 3.96. The number of benzene rings is 1. The van der Waals surface area contributed by atoms with Crippen molar-refractivity contribution in [2.24, 2.45) is 0 Å². The molecule has 8 heteroatoms. The van der Waals surface area contributed by atoms with Gasteiger partial charge in [0.2, 0.25) is 0 Å². The molecule has 1 atom stereocenters. The SMILES string of the molecule is Cc1csc([C@H](C)CNC(=O)Nc2cccc(-n3ccnn3)c2)n1. The summed E-state index contributed by atoms with van der Waals surface area (Å²) in [7, 11) is 0. The predicted octanol–water partition coefficient (Wildman–Crippen LogP) is 2.96. The maximum Gasteiger partial charge on any atom is 0.319 e. The fraction of sp³-hybridized carbons (Fsp3) is 0.250. The van der Waals surface area contributed by atoms with Crippen molar-refractivity contribution < 1.29 is 4.79 Å². The lowest BCUT2D eigenvalue weighted by atomic mass is 10.2. The number of aromatic nitrogens is 4. The summed E-state index contributed by atoms with van der Waals surface area (Å²) in [5, 5.41) is 16.5. The zero-order chi connectivity index (χ0) is 16.9. The third-order valence-corrected chi connectivity index (χ3v) is 4.61. The number of nitrogens with zero attached hydrogens (tertiary/aromatic N) is 4. The number of aryl methyl sites for hydroxylation is 1. The summed E-state index contributed by atoms with van der Waals surface area (Å²) in [6, 6.07) is 7.17. The van der Waals surface area contributed by atoms with E-state index in [2.05, 4.69) is 25.9 Å². The highest BCUT2D eigenvalue weighted by Crippen LogP contribution is 2.19. The Morgan fingerprint density at radius 1 is 1.42 bits per heavy atom. The predicted molar refractivity (Wildman–Crippen MR) is 93.6 cm³/mol. The second kappa shape index (κ2) is 7.22. The summed E-state index contributed by atoms with van der Waals surface area (Å²) < 4.78 is 1.63. The summed E-state index contributed by atoms with van der Waals surface area (Å²) in [5.74, 6) is 0.177. The zero-order valence-electron chi connectivity index (χ0n) is 13.4. The molecule has 3 aromatic rings. The Hall–Kier alpha value is -2.74. The fourth-order valence-corrected chi connectivity index (χ4v) is 3.04. The first kappa shape index (κ1) is 16.1. The molecule has 3 rings (SSSR count). The lowest BCUT2D eigenvalue weighted by Crippen LogP contribution is -2.31. The van der Waals surface area contributed by atoms with Gasteiger partial charge in [-0.3, -0.25) is 0 Å². The van der Waals surface area contributed by atoms with Crippen LogP contribution in [0.15, 0.2) is 42.0 Å². The van der Waals surface area contributed by atoms with Crippen molar-refractivity contribution in [3.05, 3.63) is 52.7 Å². The van der Waals surface area contributed by atoms with Crippen molar-refractivity contribution in [2.45, 2.75) is 19.8 Å². The van der Waals surface area contributed by atoms with Gasteiger partial charge in [0.1, 0.15) is 0 Å². The zero-order valence-corrected chi connectivity index (χ0v) is 14.2. The number of anilines is 1. The van der Waals surface area contributed by atoms with E-state index in [-0.39, 0.29) is 11.9 Å². The standard InChI is InChI=1S/C16H18N6OS/c1-11(15-19-12(2)10-24-15)9-17-16(23)20-13-4-3-5-14(8-13)22-7-6-18-21-22/h3-8,10-11H,9H2,1-2H3,(H2,17,20,23)/t11-/m1/s1. The molecule has 0 fully saturated rings. The van der Waals surface area contributed by atoms with Gasteiger partial charge in [-0.05, 0) is 25.1 Å². The molecule has 124 valence electrons. The Labute approximate surface area is 143 Å². The molecule has 2 N–H and O–H groups in total. The molecular weight excluding hydrogens is 324 g/mol. The van der Waals surface area contributed by atoms with E-state index < -0.39 is 0 Å². The lowest BCUT2D eigenvalue weighted by molar-refractivity contribution is 0.251. The largest absolute Gasteiger partial charge is 0.337 e. The van der Waals surface area contributed by atoms with Crippen molar-refractivity contribution in [2.75, 3.05) is 11.9 Å². The summed E-state index contributed by atoms with van der Waals surface area (Å²) in [6.45, 7) is 4.54. The number of hydrogen-bond donors (Lipinski definition) is 2. The molecule has 0 saturated heterocycles. The van der Waals surface area contributed by atoms with E-state index in [0.717, 1.165) is 16.4 Å². The van der Waals surface area contributed by atoms with Crippen LogP contribution < -0.4 is 10.6 Å². The van der Waals surface area contributed by atoms with Crippen molar-refractivity contribution in [1.82, 2.24) is 25.3 Å². The maximum absolute atomic E-state index is 12.1. The van der Waals surface area contributed by atoms with Crippen molar-refractivity contribution in [3.8, 4) is 5.69 Å². The summed E-state index contributed by atoms with van der Waals surface area (Å²) in [4.78, 5) is 16.5. The molecular formula is C16H18N6OS. The van der Waals surface area contributed by atoms with E-state index >= 15 is 0 Å². The van der Waals surface area contributed by atoms with Gasteiger partial charge in [-0.25, -0.2) is 14.5 Å². The van der Waals surface area contributed by atoms with Crippen molar-refractivity contribution in [1.29, 1.82) is 0 Å². The Bertz CT molecular complexity index is 814. The van der Waals surface area contributed by atoms with Gasteiger partial charge in [-0.1, -0.05) is 18.2 Å². The number of urea groups is 1. The summed E-state index contributed by atoms with van der Waals surface area (Å²) in [5.41, 5.74) is 2.53. The number of carbonyl (C=O) groups excluding carboxylic acids is 1. The molecule has 2 aromatic heterocycles. The normalized spacial score (nSPS) is 11.9. The molecule has 0 aliphatic heterocycles. The van der Waals surface area contributed by atoms with Gasteiger partial charge >= 0.3 is 6.03 Å². The van der Waals surface area contributed by atoms with Crippen LogP contribution in [0.3, 0.4) is 0 Å². The van der Waals surface area contributed by atoms with Gasteiger partial charge in [-0.2, -0.15) is 0 Å². The van der Waals surface area contributed by atoms with Gasteiger partial charge in [-0.15, -0.1) is 16.4 Å². The minimum absolute atomic E-state index is 0.177. The van der Waals surface area contributed by atoms with E-state index in [4.69, 9.17) is 0 Å². The summed E-state index contributed by atoms with van der Waals surface area (Å²) >= 11 is 1.62. The second-order valence-electron chi connectivity index (χ2n) is 5.46. The van der Waals surface area contributed by atoms with Gasteiger partial charge in [0.25, 0.3) is 0 Å². The molecule has 0 aliphatic carbocycles. The minimum Gasteiger partial charge on any atom is -0.337 e. The van der Waals surface area contributed by atoms with Gasteiger partial charge in [0, 0.05) is 29.2 Å². The van der Waals surface area contributed by atoms with E-state index in [1.807, 2.05) is 43.5 Å². The highest BCUT2D eigenvalue weighted by atomic mass is 32.1. The Morgan fingerprint density at radius 3 is 3.00 bits per heavy atom. The van der Waals surface area contributed by atoms with Crippen LogP contribution in [0.25, 0.3) is 5.69 Å². The van der Waals surface area contributed by atoms with Crippen LogP contribution >= 0.6 is 11.3 Å². The van der Waals surface area contributed by atoms with E-state index in [1.165, 1.54) is 0 Å². The molecule has 0 saturated carbocycles. The highest BCUT2D eigenvalue weighted by molar-refractivity contribution is 7.09. The molecule has 0 unspecified atom stereocenters. The number of hydrogen-bond acceptors (Lipinski definition) is 5. The van der Waals surface area contributed by atoms with Gasteiger partial charge in [0.05, 0.1) is 23.1 Å². The number of thiazole rings is 1. The number of rotatable bonds is 5. The molecule has 2 amide bonds. The molecule has 24 heavy (non-hydrogen) atoms. The molecule has 0 radical (unpaired) electrons. The highest BCUT2D eigenvalue weighted by Gasteiger charge is 2.11. The van der Waals surface area contributed by atoms with Gasteiger partial charge < -0.3 is 10.6 Å². The monoisotopic (exact) mass is 342 g/mol. The lowest BCUT2D eigenvalue weighted by Gasteiger charge is -2.12. The smallest absolute Gasteiger partial charge is 0.319 e. The summed E-state index contributed by atoms with van der Waals surface area (Å²) in [6.07, 6.45) is 3.35. The van der Waals surface area contributed by atoms with Crippen molar-refractivity contribution in [3.63, 3.8) is 0 Å². The molecule has 7 nitrogen and oxygen atoms in total. The topological polar surface area (TPSA) is 84.7 Å². The van der Waals surface area contributed by atoms with Crippen LogP contribution in [0.5, 0.6) is 0 Å². The number of nitrogens with one attached hydrogen (secondary N) is 2. The first-order valence-corrected chi connectivity index (χ1v) is 8.43. The third-order valence-electron chi connectivity index (χ3n) is 3.42. The Morgan fingerprint density at radius 2 is 2.29 bits per heavy atom. The quantitative estimate of drug-likeness (QED) is 0.746. The Balaban J connectivity index is 1.56. The molecule has 0 aliphatic rings. The molecule has 0 bridgehead atoms. The first-order valence-electron chi connectivity index (χ1n) is 7.55. The van der Waals surface area contributed by atoms with Crippen LogP contribution in [0.4, 0.5) is 10.5 Å². The van der Waals surface area contributed by atoms with Crippen LogP contribution in [0, 0.1) is 6.92 Å². The fourth-order valence-electron chi connectivity index (χ4n) is 2.18. The van der Waals surface area contributed by atoms with Crippen LogP contribution in [0.1, 0.15) is 23.5 Å². The van der Waals surface area contributed by atoms with Crippen LogP contribution in [-0.4, -0.2) is 32.6 Å². The maximum atomic E-state index is 12.1. The number of carbonyl (C=O) groups is 1. The Kier molecular flexibility index (Phi) is 4.85. The molecule has 2 heterocycles. The van der Waals surface area contributed by atoms with Crippen LogP contribution in [0.2, 0.25) is 0 Å². The first-order chi connectivity index (χ1) is 11.6. The second-order valence-corrected chi connectivity index (χ2v) is 6.35. The van der Waals surface area contributed by atoms with E-state index in [1.54, 1.807) is 28.4 Å². The molecule has 1 aromatic carbocycles. The molecule has 0 spiro atoms. The van der Waals surface area contributed by atoms with E-state index in [9.17, 15) is 4.79 Å². The average molecular weight is 342 g/mol.